The second-order valence-corrected chi connectivity index (χ2v) is 8.63. The van der Waals surface area contributed by atoms with Gasteiger partial charge in [-0.2, -0.15) is 5.10 Å². The molecule has 1 saturated carbocycles. The van der Waals surface area contributed by atoms with E-state index >= 15 is 0 Å². The zero-order chi connectivity index (χ0) is 21.6. The molecule has 2 aliphatic rings. The van der Waals surface area contributed by atoms with Gasteiger partial charge >= 0.3 is 0 Å². The molecular formula is C23H32N6O2. The zero-order valence-electron chi connectivity index (χ0n) is 18.4. The molecule has 1 amide bonds. The molecule has 0 bridgehead atoms. The number of rotatable bonds is 8. The molecule has 166 valence electrons. The molecule has 2 aromatic rings. The van der Waals surface area contributed by atoms with Gasteiger partial charge in [0.05, 0.1) is 36.8 Å². The van der Waals surface area contributed by atoms with Crippen LogP contribution in [0, 0.1) is 5.92 Å². The molecule has 8 heteroatoms. The van der Waals surface area contributed by atoms with Crippen LogP contribution in [0.5, 0.6) is 5.75 Å². The highest BCUT2D eigenvalue weighted by Crippen LogP contribution is 2.26. The Kier molecular flexibility index (Phi) is 6.96. The number of nitrogens with one attached hydrogen (secondary N) is 2. The highest BCUT2D eigenvalue weighted by molar-refractivity contribution is 5.95. The first-order valence-corrected chi connectivity index (χ1v) is 11.2. The van der Waals surface area contributed by atoms with E-state index in [2.05, 4.69) is 30.7 Å². The number of aromatic nitrogens is 3. The number of amides is 1. The van der Waals surface area contributed by atoms with Crippen LogP contribution >= 0.6 is 0 Å². The average molecular weight is 425 g/mol. The van der Waals surface area contributed by atoms with Crippen LogP contribution in [0.15, 0.2) is 30.6 Å². The number of hydrogen-bond acceptors (Lipinski definition) is 7. The second-order valence-electron chi connectivity index (χ2n) is 8.63. The predicted octanol–water partition coefficient (Wildman–Crippen LogP) is 2.98. The van der Waals surface area contributed by atoms with E-state index in [1.54, 1.807) is 25.6 Å². The van der Waals surface area contributed by atoms with E-state index in [1.165, 1.54) is 25.7 Å². The lowest BCUT2D eigenvalue weighted by atomic mass is 9.85. The second kappa shape index (κ2) is 10.0. The first-order valence-electron chi connectivity index (χ1n) is 11.2. The fourth-order valence-corrected chi connectivity index (χ4v) is 4.10. The summed E-state index contributed by atoms with van der Waals surface area (Å²) in [5.41, 5.74) is 1.24. The van der Waals surface area contributed by atoms with E-state index in [-0.39, 0.29) is 5.91 Å². The summed E-state index contributed by atoms with van der Waals surface area (Å²) in [5, 5.41) is 15.4. The maximum absolute atomic E-state index is 12.6. The third-order valence-corrected chi connectivity index (χ3v) is 6.39. The van der Waals surface area contributed by atoms with Crippen LogP contribution in [-0.2, 0) is 4.79 Å². The molecule has 1 saturated heterocycles. The topological polar surface area (TPSA) is 92.3 Å². The fraction of sp³-hybridized carbons (Fsp3) is 0.565. The Morgan fingerprint density at radius 3 is 2.81 bits per heavy atom. The number of hydrogen-bond donors (Lipinski definition) is 2. The Hall–Kier alpha value is -2.74. The molecule has 31 heavy (non-hydrogen) atoms. The SMILES string of the molecule is COc1cncc(NC(=O)C(C)c2ccc(N3CCC[C@@H](NCC4CCC4)C3)nn2)c1. The first kappa shape index (κ1) is 21.5. The van der Waals surface area contributed by atoms with E-state index in [9.17, 15) is 4.79 Å². The van der Waals surface area contributed by atoms with Crippen LogP contribution in [0.3, 0.4) is 0 Å². The van der Waals surface area contributed by atoms with E-state index in [4.69, 9.17) is 4.74 Å². The largest absolute Gasteiger partial charge is 0.495 e. The first-order chi connectivity index (χ1) is 15.1. The summed E-state index contributed by atoms with van der Waals surface area (Å²) in [6, 6.07) is 6.13. The van der Waals surface area contributed by atoms with Gasteiger partial charge < -0.3 is 20.3 Å². The molecule has 0 aromatic carbocycles. The van der Waals surface area contributed by atoms with Gasteiger partial charge in [0.15, 0.2) is 5.82 Å². The van der Waals surface area contributed by atoms with Crippen LogP contribution in [0.4, 0.5) is 11.5 Å². The van der Waals surface area contributed by atoms with Gasteiger partial charge in [0, 0.05) is 25.2 Å². The monoisotopic (exact) mass is 424 g/mol. The van der Waals surface area contributed by atoms with E-state index in [0.29, 0.717) is 23.2 Å². The minimum absolute atomic E-state index is 0.157. The summed E-state index contributed by atoms with van der Waals surface area (Å²) in [6.45, 7) is 4.92. The van der Waals surface area contributed by atoms with E-state index < -0.39 is 5.92 Å². The summed E-state index contributed by atoms with van der Waals surface area (Å²) in [5.74, 6) is 1.76. The van der Waals surface area contributed by atoms with Gasteiger partial charge in [0.2, 0.25) is 5.91 Å². The molecule has 3 heterocycles. The number of methoxy groups -OCH3 is 1. The van der Waals surface area contributed by atoms with Gasteiger partial charge in [-0.25, -0.2) is 0 Å². The summed E-state index contributed by atoms with van der Waals surface area (Å²) < 4.78 is 5.15. The van der Waals surface area contributed by atoms with Gasteiger partial charge in [0.25, 0.3) is 0 Å². The van der Waals surface area contributed by atoms with Crippen LogP contribution in [0.25, 0.3) is 0 Å². The van der Waals surface area contributed by atoms with E-state index in [0.717, 1.165) is 37.8 Å². The lowest BCUT2D eigenvalue weighted by molar-refractivity contribution is -0.117. The lowest BCUT2D eigenvalue weighted by Gasteiger charge is -2.35. The van der Waals surface area contributed by atoms with Crippen LogP contribution in [0.2, 0.25) is 0 Å². The maximum Gasteiger partial charge on any atom is 0.233 e. The smallest absolute Gasteiger partial charge is 0.233 e. The van der Waals surface area contributed by atoms with Crippen molar-refractivity contribution in [2.45, 2.75) is 51.0 Å². The Morgan fingerprint density at radius 1 is 1.23 bits per heavy atom. The van der Waals surface area contributed by atoms with Crippen molar-refractivity contribution in [2.24, 2.45) is 5.92 Å². The maximum atomic E-state index is 12.6. The Balaban J connectivity index is 1.32. The summed E-state index contributed by atoms with van der Waals surface area (Å²) in [4.78, 5) is 19.0. The normalized spacial score (nSPS) is 20.1. The van der Waals surface area contributed by atoms with Crippen molar-refractivity contribution < 1.29 is 9.53 Å². The third-order valence-electron chi connectivity index (χ3n) is 6.39. The van der Waals surface area contributed by atoms with Gasteiger partial charge in [0.1, 0.15) is 5.75 Å². The quantitative estimate of drug-likeness (QED) is 0.673. The molecule has 1 aliphatic carbocycles. The number of carbonyl (C=O) groups excluding carboxylic acids is 1. The molecular weight excluding hydrogens is 392 g/mol. The van der Waals surface area contributed by atoms with Crippen LogP contribution in [0.1, 0.15) is 50.6 Å². The molecule has 2 N–H and O–H groups in total. The standard InChI is InChI=1S/C23H32N6O2/c1-16(23(30)26-19-11-20(31-2)14-24-13-19)21-8-9-22(28-27-21)29-10-4-7-18(15-29)25-12-17-5-3-6-17/h8-9,11,13-14,16-18,25H,3-7,10,12,15H2,1-2H3,(H,26,30)/t16?,18-/m1/s1. The van der Waals surface area contributed by atoms with Crippen molar-refractivity contribution in [3.8, 4) is 5.75 Å². The third kappa shape index (κ3) is 5.50. The molecule has 2 aromatic heterocycles. The number of carbonyl (C=O) groups is 1. The van der Waals surface area contributed by atoms with Crippen molar-refractivity contribution in [2.75, 3.05) is 37.0 Å². The molecule has 4 rings (SSSR count). The van der Waals surface area contributed by atoms with Gasteiger partial charge in [-0.05, 0) is 57.2 Å². The molecule has 1 aliphatic heterocycles. The number of nitrogens with zero attached hydrogens (tertiary/aromatic N) is 4. The van der Waals surface area contributed by atoms with Gasteiger partial charge in [-0.3, -0.25) is 9.78 Å². The van der Waals surface area contributed by atoms with E-state index in [1.807, 2.05) is 19.1 Å². The van der Waals surface area contributed by atoms with Crippen LogP contribution < -0.4 is 20.3 Å². The highest BCUT2D eigenvalue weighted by atomic mass is 16.5. The van der Waals surface area contributed by atoms with Crippen molar-refractivity contribution in [1.29, 1.82) is 0 Å². The minimum atomic E-state index is -0.425. The molecule has 8 nitrogen and oxygen atoms in total. The molecule has 2 atom stereocenters. The average Bonchev–Trinajstić information content (AvgIpc) is 2.78. The fourth-order valence-electron chi connectivity index (χ4n) is 4.10. The lowest BCUT2D eigenvalue weighted by Crippen LogP contribution is -2.47. The summed E-state index contributed by atoms with van der Waals surface area (Å²) in [6.07, 6.45) is 9.68. The van der Waals surface area contributed by atoms with Crippen molar-refractivity contribution in [3.63, 3.8) is 0 Å². The highest BCUT2D eigenvalue weighted by Gasteiger charge is 2.24. The summed E-state index contributed by atoms with van der Waals surface area (Å²) in [7, 11) is 1.57. The molecule has 2 fully saturated rings. The number of piperidine rings is 1. The number of anilines is 2. The Bertz CT molecular complexity index is 871. The van der Waals surface area contributed by atoms with Crippen LogP contribution in [-0.4, -0.2) is 53.9 Å². The Morgan fingerprint density at radius 2 is 2.10 bits per heavy atom. The molecule has 1 unspecified atom stereocenters. The predicted molar refractivity (Wildman–Crippen MR) is 120 cm³/mol. The Labute approximate surface area is 183 Å². The van der Waals surface area contributed by atoms with Crippen molar-refractivity contribution in [1.82, 2.24) is 20.5 Å². The van der Waals surface area contributed by atoms with Gasteiger partial charge in [-0.15, -0.1) is 5.10 Å². The summed E-state index contributed by atoms with van der Waals surface area (Å²) >= 11 is 0. The minimum Gasteiger partial charge on any atom is -0.495 e. The number of ether oxygens (including phenoxy) is 1. The van der Waals surface area contributed by atoms with Gasteiger partial charge in [-0.1, -0.05) is 6.42 Å². The zero-order valence-corrected chi connectivity index (χ0v) is 18.4. The van der Waals surface area contributed by atoms with Crippen molar-refractivity contribution in [3.05, 3.63) is 36.3 Å². The number of pyridine rings is 1. The molecule has 0 radical (unpaired) electrons. The van der Waals surface area contributed by atoms with Crippen molar-refractivity contribution >= 4 is 17.4 Å². The molecule has 0 spiro atoms.